The zero-order valence-corrected chi connectivity index (χ0v) is 19.5. The van der Waals surface area contributed by atoms with Crippen molar-refractivity contribution in [1.82, 2.24) is 0 Å². The molecule has 164 valence electrons. The number of aliphatic hydroxyl groups excluding tert-OH is 2. The number of fused-ring (bicyclic) bond motifs is 1. The zero-order chi connectivity index (χ0) is 21.2. The van der Waals surface area contributed by atoms with Gasteiger partial charge in [-0.05, 0) is 84.8 Å². The fourth-order valence-electron chi connectivity index (χ4n) is 6.57. The summed E-state index contributed by atoms with van der Waals surface area (Å²) >= 11 is 0. The average Bonchev–Trinajstić information content (AvgIpc) is 3.00. The highest BCUT2D eigenvalue weighted by molar-refractivity contribution is 5.37. The van der Waals surface area contributed by atoms with Crippen LogP contribution in [-0.2, 0) is 0 Å². The van der Waals surface area contributed by atoms with E-state index >= 15 is 0 Å². The van der Waals surface area contributed by atoms with Gasteiger partial charge < -0.3 is 10.2 Å². The van der Waals surface area contributed by atoms with Gasteiger partial charge in [0.2, 0.25) is 0 Å². The lowest BCUT2D eigenvalue weighted by molar-refractivity contribution is 0.0878. The van der Waals surface area contributed by atoms with Crippen LogP contribution in [0.4, 0.5) is 0 Å². The molecule has 0 aromatic heterocycles. The van der Waals surface area contributed by atoms with Gasteiger partial charge in [-0.2, -0.15) is 0 Å². The predicted octanol–water partition coefficient (Wildman–Crippen LogP) is 6.59. The molecule has 0 radical (unpaired) electrons. The van der Waals surface area contributed by atoms with E-state index in [9.17, 15) is 10.2 Å². The Labute approximate surface area is 179 Å². The van der Waals surface area contributed by atoms with Gasteiger partial charge in [0, 0.05) is 6.42 Å². The van der Waals surface area contributed by atoms with E-state index in [2.05, 4.69) is 45.9 Å². The third-order valence-electron chi connectivity index (χ3n) is 8.44. The van der Waals surface area contributed by atoms with Gasteiger partial charge in [-0.25, -0.2) is 0 Å². The SMILES string of the molecule is CC1=C(C=CC2=CCC[C@]3(C)[C@@H]([C@@H](C)CCCC(C)C)CC[C@@H]23)C[C@@H](O)C[C@@H]1O. The average molecular weight is 401 g/mol. The van der Waals surface area contributed by atoms with Crippen LogP contribution in [0, 0.1) is 29.1 Å². The molecule has 0 heterocycles. The van der Waals surface area contributed by atoms with Crippen molar-refractivity contribution in [3.8, 4) is 0 Å². The van der Waals surface area contributed by atoms with Gasteiger partial charge in [-0.3, -0.25) is 0 Å². The maximum Gasteiger partial charge on any atom is 0.0777 e. The van der Waals surface area contributed by atoms with Crippen LogP contribution in [0.1, 0.15) is 92.4 Å². The van der Waals surface area contributed by atoms with Gasteiger partial charge in [-0.15, -0.1) is 0 Å². The van der Waals surface area contributed by atoms with Crippen molar-refractivity contribution in [2.45, 2.75) is 105 Å². The van der Waals surface area contributed by atoms with Crippen LogP contribution < -0.4 is 0 Å². The number of hydrogen-bond acceptors (Lipinski definition) is 2. The van der Waals surface area contributed by atoms with Gasteiger partial charge in [-0.1, -0.05) is 65.2 Å². The second-order valence-corrected chi connectivity index (χ2v) is 10.9. The Morgan fingerprint density at radius 1 is 1.14 bits per heavy atom. The fourth-order valence-corrected chi connectivity index (χ4v) is 6.57. The molecule has 3 aliphatic rings. The molecule has 29 heavy (non-hydrogen) atoms. The monoisotopic (exact) mass is 400 g/mol. The molecule has 0 spiro atoms. The third-order valence-corrected chi connectivity index (χ3v) is 8.44. The Bertz CT molecular complexity index is 655. The smallest absolute Gasteiger partial charge is 0.0777 e. The van der Waals surface area contributed by atoms with Crippen LogP contribution in [0.2, 0.25) is 0 Å². The van der Waals surface area contributed by atoms with Crippen LogP contribution in [0.5, 0.6) is 0 Å². The molecule has 0 saturated heterocycles. The molecule has 0 aromatic carbocycles. The number of hydrogen-bond donors (Lipinski definition) is 2. The molecule has 0 aliphatic heterocycles. The van der Waals surface area contributed by atoms with Crippen molar-refractivity contribution in [2.24, 2.45) is 29.1 Å². The molecule has 1 saturated carbocycles. The van der Waals surface area contributed by atoms with Crippen LogP contribution in [0.15, 0.2) is 34.9 Å². The lowest BCUT2D eigenvalue weighted by Gasteiger charge is -2.43. The lowest BCUT2D eigenvalue weighted by atomic mass is 9.62. The second kappa shape index (κ2) is 9.52. The van der Waals surface area contributed by atoms with Crippen LogP contribution in [0.3, 0.4) is 0 Å². The quantitative estimate of drug-likeness (QED) is 0.506. The van der Waals surface area contributed by atoms with Crippen molar-refractivity contribution < 1.29 is 10.2 Å². The number of allylic oxidation sites excluding steroid dienone is 4. The molecular weight excluding hydrogens is 356 g/mol. The van der Waals surface area contributed by atoms with Crippen molar-refractivity contribution in [3.05, 3.63) is 34.9 Å². The highest BCUT2D eigenvalue weighted by Crippen LogP contribution is 2.58. The molecule has 0 unspecified atom stereocenters. The van der Waals surface area contributed by atoms with E-state index in [-0.39, 0.29) is 0 Å². The summed E-state index contributed by atoms with van der Waals surface area (Å²) in [6.07, 6.45) is 16.5. The van der Waals surface area contributed by atoms with Gasteiger partial charge in [0.25, 0.3) is 0 Å². The Hall–Kier alpha value is -0.860. The summed E-state index contributed by atoms with van der Waals surface area (Å²) < 4.78 is 0. The first-order chi connectivity index (χ1) is 13.7. The summed E-state index contributed by atoms with van der Waals surface area (Å²) in [5.41, 5.74) is 4.10. The third kappa shape index (κ3) is 5.07. The first kappa shape index (κ1) is 22.8. The molecule has 6 atom stereocenters. The summed E-state index contributed by atoms with van der Waals surface area (Å²) in [6, 6.07) is 0. The van der Waals surface area contributed by atoms with Gasteiger partial charge in [0.1, 0.15) is 0 Å². The second-order valence-electron chi connectivity index (χ2n) is 10.9. The molecule has 3 aliphatic carbocycles. The number of aliphatic hydroxyl groups is 2. The van der Waals surface area contributed by atoms with Crippen LogP contribution >= 0.6 is 0 Å². The number of rotatable bonds is 7. The summed E-state index contributed by atoms with van der Waals surface area (Å²) in [7, 11) is 0. The van der Waals surface area contributed by atoms with Crippen LogP contribution in [0.25, 0.3) is 0 Å². The van der Waals surface area contributed by atoms with E-state index in [4.69, 9.17) is 0 Å². The zero-order valence-electron chi connectivity index (χ0n) is 19.5. The Balaban J connectivity index is 1.69. The molecule has 2 nitrogen and oxygen atoms in total. The van der Waals surface area contributed by atoms with E-state index in [1.165, 1.54) is 50.5 Å². The molecule has 0 amide bonds. The van der Waals surface area contributed by atoms with E-state index in [1.807, 2.05) is 6.92 Å². The molecule has 0 aromatic rings. The summed E-state index contributed by atoms with van der Waals surface area (Å²) in [5.74, 6) is 3.15. The van der Waals surface area contributed by atoms with E-state index in [0.29, 0.717) is 24.2 Å². The molecule has 3 rings (SSSR count). The first-order valence-electron chi connectivity index (χ1n) is 12.2. The van der Waals surface area contributed by atoms with E-state index in [0.717, 1.165) is 28.9 Å². The normalized spacial score (nSPS) is 36.6. The lowest BCUT2D eigenvalue weighted by Crippen LogP contribution is -2.35. The Kier molecular flexibility index (Phi) is 7.49. The minimum absolute atomic E-state index is 0.415. The van der Waals surface area contributed by atoms with Gasteiger partial charge in [0.05, 0.1) is 12.2 Å². The Morgan fingerprint density at radius 3 is 2.62 bits per heavy atom. The van der Waals surface area contributed by atoms with Crippen molar-refractivity contribution in [2.75, 3.05) is 0 Å². The largest absolute Gasteiger partial charge is 0.393 e. The fraction of sp³-hybridized carbons (Fsp3) is 0.778. The molecule has 0 bridgehead atoms. The van der Waals surface area contributed by atoms with Crippen molar-refractivity contribution in [1.29, 1.82) is 0 Å². The maximum absolute atomic E-state index is 10.2. The summed E-state index contributed by atoms with van der Waals surface area (Å²) in [4.78, 5) is 0. The Morgan fingerprint density at radius 2 is 1.90 bits per heavy atom. The van der Waals surface area contributed by atoms with Crippen molar-refractivity contribution >= 4 is 0 Å². The standard InChI is InChI=1S/C27H44O2/c1-18(2)8-6-9-19(3)24-13-14-25-21(10-7-15-27(24,25)5)11-12-22-16-23(28)17-26(29)20(22)4/h10-12,18-19,23-26,28-29H,6-9,13-17H2,1-5H3/t19-,23+,24+,25-,26-,27+/m0/s1. The topological polar surface area (TPSA) is 40.5 Å². The summed E-state index contributed by atoms with van der Waals surface area (Å²) in [6.45, 7) is 11.8. The van der Waals surface area contributed by atoms with E-state index < -0.39 is 12.2 Å². The highest BCUT2D eigenvalue weighted by Gasteiger charge is 2.49. The van der Waals surface area contributed by atoms with Gasteiger partial charge >= 0.3 is 0 Å². The van der Waals surface area contributed by atoms with Gasteiger partial charge in [0.15, 0.2) is 0 Å². The molecular formula is C27H44O2. The molecule has 2 heteroatoms. The minimum Gasteiger partial charge on any atom is -0.393 e. The van der Waals surface area contributed by atoms with Crippen LogP contribution in [-0.4, -0.2) is 22.4 Å². The minimum atomic E-state index is -0.494. The maximum atomic E-state index is 10.2. The highest BCUT2D eigenvalue weighted by atomic mass is 16.3. The van der Waals surface area contributed by atoms with Crippen molar-refractivity contribution in [3.63, 3.8) is 0 Å². The molecule has 2 N–H and O–H groups in total. The van der Waals surface area contributed by atoms with E-state index in [1.54, 1.807) is 0 Å². The predicted molar refractivity (Wildman–Crippen MR) is 123 cm³/mol. The molecule has 1 fully saturated rings. The first-order valence-corrected chi connectivity index (χ1v) is 12.2. The summed E-state index contributed by atoms with van der Waals surface area (Å²) in [5, 5.41) is 20.2.